The SMILES string of the molecule is Cc1nc(C2CCCN(S(=O)(=O)c3cccnc3)C2)cc(=O)[nH]1. The molecule has 7 nitrogen and oxygen atoms in total. The summed E-state index contributed by atoms with van der Waals surface area (Å²) in [5.74, 6) is 0.468. The summed E-state index contributed by atoms with van der Waals surface area (Å²) in [5.41, 5.74) is 0.442. The van der Waals surface area contributed by atoms with Gasteiger partial charge in [0.15, 0.2) is 0 Å². The molecule has 122 valence electrons. The van der Waals surface area contributed by atoms with Crippen LogP contribution >= 0.6 is 0 Å². The molecule has 1 unspecified atom stereocenters. The molecular formula is C15H18N4O3S. The van der Waals surface area contributed by atoms with Crippen molar-refractivity contribution in [1.82, 2.24) is 19.3 Å². The molecule has 1 N–H and O–H groups in total. The van der Waals surface area contributed by atoms with Crippen LogP contribution in [0.3, 0.4) is 0 Å². The van der Waals surface area contributed by atoms with E-state index in [9.17, 15) is 13.2 Å². The normalized spacial score (nSPS) is 19.6. The summed E-state index contributed by atoms with van der Waals surface area (Å²) < 4.78 is 26.8. The Morgan fingerprint density at radius 3 is 2.91 bits per heavy atom. The van der Waals surface area contributed by atoms with E-state index in [4.69, 9.17) is 0 Å². The summed E-state index contributed by atoms with van der Waals surface area (Å²) in [6, 6.07) is 4.61. The molecule has 23 heavy (non-hydrogen) atoms. The molecule has 0 aromatic carbocycles. The maximum atomic E-state index is 12.7. The van der Waals surface area contributed by atoms with Gasteiger partial charge in [-0.1, -0.05) is 0 Å². The number of aromatic nitrogens is 3. The van der Waals surface area contributed by atoms with Gasteiger partial charge in [-0.15, -0.1) is 0 Å². The molecular weight excluding hydrogens is 316 g/mol. The number of sulfonamides is 1. The van der Waals surface area contributed by atoms with Crippen LogP contribution in [0.4, 0.5) is 0 Å². The van der Waals surface area contributed by atoms with Crippen LogP contribution in [-0.4, -0.2) is 40.8 Å². The number of hydrogen-bond donors (Lipinski definition) is 1. The minimum atomic E-state index is -3.57. The first-order valence-corrected chi connectivity index (χ1v) is 8.89. The molecule has 3 heterocycles. The Hall–Kier alpha value is -2.06. The van der Waals surface area contributed by atoms with Gasteiger partial charge in [-0.2, -0.15) is 4.31 Å². The Balaban J connectivity index is 1.88. The van der Waals surface area contributed by atoms with E-state index in [1.165, 1.54) is 16.6 Å². The lowest BCUT2D eigenvalue weighted by molar-refractivity contribution is 0.312. The van der Waals surface area contributed by atoms with Crippen molar-refractivity contribution in [1.29, 1.82) is 0 Å². The molecule has 2 aromatic heterocycles. The fourth-order valence-electron chi connectivity index (χ4n) is 2.86. The molecule has 2 aromatic rings. The summed E-state index contributed by atoms with van der Waals surface area (Å²) in [7, 11) is -3.57. The Bertz CT molecular complexity index is 849. The molecule has 1 aliphatic heterocycles. The van der Waals surface area contributed by atoms with Crippen molar-refractivity contribution < 1.29 is 8.42 Å². The van der Waals surface area contributed by atoms with Crippen molar-refractivity contribution in [2.24, 2.45) is 0 Å². The Morgan fingerprint density at radius 2 is 2.22 bits per heavy atom. The zero-order valence-electron chi connectivity index (χ0n) is 12.8. The topological polar surface area (TPSA) is 96.0 Å². The smallest absolute Gasteiger partial charge is 0.251 e. The highest BCUT2D eigenvalue weighted by Crippen LogP contribution is 2.28. The number of hydrogen-bond acceptors (Lipinski definition) is 5. The molecule has 8 heteroatoms. The van der Waals surface area contributed by atoms with Crippen molar-refractivity contribution in [3.8, 4) is 0 Å². The lowest BCUT2D eigenvalue weighted by Crippen LogP contribution is -2.39. The lowest BCUT2D eigenvalue weighted by Gasteiger charge is -2.31. The van der Waals surface area contributed by atoms with E-state index in [1.54, 1.807) is 25.3 Å². The summed E-state index contributed by atoms with van der Waals surface area (Å²) in [6.45, 7) is 2.51. The Kier molecular flexibility index (Phi) is 4.27. The molecule has 3 rings (SSSR count). The second-order valence-corrected chi connectivity index (χ2v) is 7.58. The van der Waals surface area contributed by atoms with Crippen molar-refractivity contribution in [3.05, 3.63) is 52.5 Å². The molecule has 0 aliphatic carbocycles. The molecule has 1 atom stereocenters. The first kappa shape index (κ1) is 15.8. The third-order valence-electron chi connectivity index (χ3n) is 3.95. The minimum Gasteiger partial charge on any atom is -0.311 e. The van der Waals surface area contributed by atoms with E-state index in [2.05, 4.69) is 15.0 Å². The highest BCUT2D eigenvalue weighted by Gasteiger charge is 2.31. The van der Waals surface area contributed by atoms with E-state index in [1.807, 2.05) is 0 Å². The highest BCUT2D eigenvalue weighted by atomic mass is 32.2. The van der Waals surface area contributed by atoms with E-state index in [0.29, 0.717) is 24.6 Å². The van der Waals surface area contributed by atoms with Crippen LogP contribution in [0.2, 0.25) is 0 Å². The molecule has 0 amide bonds. The van der Waals surface area contributed by atoms with Crippen LogP contribution in [0.25, 0.3) is 0 Å². The fourth-order valence-corrected chi connectivity index (χ4v) is 4.35. The predicted molar refractivity (Wildman–Crippen MR) is 84.6 cm³/mol. The van der Waals surface area contributed by atoms with Gasteiger partial charge >= 0.3 is 0 Å². The zero-order valence-corrected chi connectivity index (χ0v) is 13.6. The number of nitrogens with one attached hydrogen (secondary N) is 1. The third kappa shape index (κ3) is 3.32. The van der Waals surface area contributed by atoms with Crippen LogP contribution < -0.4 is 5.56 Å². The number of aromatic amines is 1. The summed E-state index contributed by atoms with van der Waals surface area (Å²) in [5, 5.41) is 0. The van der Waals surface area contributed by atoms with Gasteiger partial charge in [0.05, 0.1) is 5.69 Å². The monoisotopic (exact) mass is 334 g/mol. The van der Waals surface area contributed by atoms with Crippen molar-refractivity contribution in [2.45, 2.75) is 30.6 Å². The van der Waals surface area contributed by atoms with Crippen molar-refractivity contribution in [3.63, 3.8) is 0 Å². The lowest BCUT2D eigenvalue weighted by atomic mass is 9.96. The maximum Gasteiger partial charge on any atom is 0.251 e. The van der Waals surface area contributed by atoms with E-state index in [-0.39, 0.29) is 16.4 Å². The molecule has 1 saturated heterocycles. The fraction of sp³-hybridized carbons (Fsp3) is 0.400. The largest absolute Gasteiger partial charge is 0.311 e. The maximum absolute atomic E-state index is 12.7. The quantitative estimate of drug-likeness (QED) is 0.905. The van der Waals surface area contributed by atoms with Crippen LogP contribution in [-0.2, 0) is 10.0 Å². The molecule has 0 radical (unpaired) electrons. The van der Waals surface area contributed by atoms with Crippen molar-refractivity contribution in [2.75, 3.05) is 13.1 Å². The summed E-state index contributed by atoms with van der Waals surface area (Å²) in [6.07, 6.45) is 4.45. The van der Waals surface area contributed by atoms with Gasteiger partial charge in [0.2, 0.25) is 10.0 Å². The number of H-pyrrole nitrogens is 1. The molecule has 0 bridgehead atoms. The van der Waals surface area contributed by atoms with Crippen LogP contribution in [0.1, 0.15) is 30.3 Å². The number of aryl methyl sites for hydroxylation is 1. The molecule has 0 saturated carbocycles. The van der Waals surface area contributed by atoms with E-state index < -0.39 is 10.0 Å². The first-order valence-electron chi connectivity index (χ1n) is 7.45. The predicted octanol–water partition coefficient (Wildman–Crippen LogP) is 1.04. The molecule has 1 fully saturated rings. The number of piperidine rings is 1. The highest BCUT2D eigenvalue weighted by molar-refractivity contribution is 7.89. The van der Waals surface area contributed by atoms with Gasteiger partial charge in [-0.3, -0.25) is 9.78 Å². The average Bonchev–Trinajstić information content (AvgIpc) is 2.55. The standard InChI is InChI=1S/C15H18N4O3S/c1-11-17-14(8-15(20)18-11)12-4-3-7-19(10-12)23(21,22)13-5-2-6-16-9-13/h2,5-6,8-9,12H,3-4,7,10H2,1H3,(H,17,18,20). The van der Waals surface area contributed by atoms with Crippen LogP contribution in [0.15, 0.2) is 40.3 Å². The second-order valence-electron chi connectivity index (χ2n) is 5.65. The zero-order chi connectivity index (χ0) is 16.4. The first-order chi connectivity index (χ1) is 11.0. The van der Waals surface area contributed by atoms with Gasteiger partial charge in [-0.05, 0) is 31.9 Å². The minimum absolute atomic E-state index is 0.0730. The van der Waals surface area contributed by atoms with E-state index >= 15 is 0 Å². The van der Waals surface area contributed by atoms with Gasteiger partial charge in [0.25, 0.3) is 5.56 Å². The summed E-state index contributed by atoms with van der Waals surface area (Å²) in [4.78, 5) is 22.7. The number of pyridine rings is 1. The van der Waals surface area contributed by atoms with Crippen molar-refractivity contribution >= 4 is 10.0 Å². The average molecular weight is 334 g/mol. The third-order valence-corrected chi connectivity index (χ3v) is 5.80. The van der Waals surface area contributed by atoms with Gasteiger partial charge in [0.1, 0.15) is 10.7 Å². The van der Waals surface area contributed by atoms with Crippen LogP contribution in [0.5, 0.6) is 0 Å². The Labute approximate surface area is 134 Å². The molecule has 1 aliphatic rings. The Morgan fingerprint density at radius 1 is 1.39 bits per heavy atom. The summed E-state index contributed by atoms with van der Waals surface area (Å²) >= 11 is 0. The van der Waals surface area contributed by atoms with E-state index in [0.717, 1.165) is 12.8 Å². The number of rotatable bonds is 3. The second kappa shape index (κ2) is 6.21. The number of nitrogens with zero attached hydrogens (tertiary/aromatic N) is 3. The molecule has 0 spiro atoms. The van der Waals surface area contributed by atoms with Gasteiger partial charge in [-0.25, -0.2) is 13.4 Å². The van der Waals surface area contributed by atoms with Crippen LogP contribution in [0, 0.1) is 6.92 Å². The van der Waals surface area contributed by atoms with Gasteiger partial charge < -0.3 is 4.98 Å². The van der Waals surface area contributed by atoms with Gasteiger partial charge in [0, 0.05) is 37.5 Å².